The van der Waals surface area contributed by atoms with Crippen LogP contribution in [-0.4, -0.2) is 16.8 Å². The first kappa shape index (κ1) is 12.2. The van der Waals surface area contributed by atoms with Gasteiger partial charge in [0.1, 0.15) is 0 Å². The van der Waals surface area contributed by atoms with Gasteiger partial charge in [0.15, 0.2) is 0 Å². The number of halogens is 3. The molecule has 3 rings (SSSR count). The van der Waals surface area contributed by atoms with Gasteiger partial charge in [-0.15, -0.1) is 0 Å². The lowest BCUT2D eigenvalue weighted by atomic mass is 9.99. The molecule has 100 valence electrons. The smallest absolute Gasteiger partial charge is 0.376 e. The van der Waals surface area contributed by atoms with E-state index < -0.39 is 11.7 Å². The van der Waals surface area contributed by atoms with Crippen LogP contribution in [-0.2, 0) is 23.9 Å². The predicted molar refractivity (Wildman–Crippen MR) is 62.4 cm³/mol. The van der Waals surface area contributed by atoms with Gasteiger partial charge >= 0.3 is 6.18 Å². The quantitative estimate of drug-likeness (QED) is 0.862. The summed E-state index contributed by atoms with van der Waals surface area (Å²) in [6, 6.07) is 5.46. The number of aromatic nitrogens is 2. The fourth-order valence-electron chi connectivity index (χ4n) is 2.27. The number of alkyl halides is 3. The van der Waals surface area contributed by atoms with Crippen molar-refractivity contribution in [2.24, 2.45) is 0 Å². The number of hydrogen-bond acceptors (Lipinski definition) is 2. The number of benzene rings is 1. The summed E-state index contributed by atoms with van der Waals surface area (Å²) >= 11 is 0. The first-order valence-electron chi connectivity index (χ1n) is 5.88. The van der Waals surface area contributed by atoms with Crippen molar-refractivity contribution in [1.29, 1.82) is 0 Å². The topological polar surface area (TPSA) is 37.9 Å². The van der Waals surface area contributed by atoms with Crippen LogP contribution in [0.1, 0.15) is 16.8 Å². The minimum Gasteiger partial charge on any atom is -0.376 e. The molecule has 0 saturated heterocycles. The van der Waals surface area contributed by atoms with Gasteiger partial charge in [-0.3, -0.25) is 5.10 Å². The van der Waals surface area contributed by atoms with Gasteiger partial charge in [-0.1, -0.05) is 18.2 Å². The van der Waals surface area contributed by atoms with Gasteiger partial charge < -0.3 is 4.74 Å². The number of fused-ring (bicyclic) bond motifs is 1. The molecule has 3 nitrogen and oxygen atoms in total. The Hall–Kier alpha value is -1.82. The Morgan fingerprint density at radius 1 is 1.21 bits per heavy atom. The third-order valence-electron chi connectivity index (χ3n) is 3.18. The molecule has 1 aromatic heterocycles. The van der Waals surface area contributed by atoms with Crippen molar-refractivity contribution in [3.63, 3.8) is 0 Å². The van der Waals surface area contributed by atoms with E-state index in [1.807, 2.05) is 0 Å². The standard InChI is InChI=1S/C13H11F3N2O/c14-13(15,16)10-4-2-1-3-8(10)12-9-7-19-6-5-11(9)17-18-12/h1-4H,5-7H2,(H,17,18). The first-order valence-corrected chi connectivity index (χ1v) is 5.88. The van der Waals surface area contributed by atoms with Crippen LogP contribution < -0.4 is 0 Å². The van der Waals surface area contributed by atoms with Crippen molar-refractivity contribution in [2.75, 3.05) is 6.61 Å². The molecular weight excluding hydrogens is 257 g/mol. The van der Waals surface area contributed by atoms with E-state index in [9.17, 15) is 13.2 Å². The minimum absolute atomic E-state index is 0.0954. The molecule has 0 spiro atoms. The van der Waals surface area contributed by atoms with E-state index in [4.69, 9.17) is 4.74 Å². The molecule has 19 heavy (non-hydrogen) atoms. The zero-order chi connectivity index (χ0) is 13.5. The molecule has 0 saturated carbocycles. The number of hydrogen-bond donors (Lipinski definition) is 1. The Morgan fingerprint density at radius 2 is 2.00 bits per heavy atom. The third-order valence-corrected chi connectivity index (χ3v) is 3.18. The van der Waals surface area contributed by atoms with Crippen molar-refractivity contribution in [1.82, 2.24) is 10.2 Å². The zero-order valence-corrected chi connectivity index (χ0v) is 9.92. The molecule has 1 aromatic carbocycles. The lowest BCUT2D eigenvalue weighted by Crippen LogP contribution is -2.10. The second-order valence-electron chi connectivity index (χ2n) is 4.38. The van der Waals surface area contributed by atoms with Crippen LogP contribution in [0.3, 0.4) is 0 Å². The molecule has 1 aliphatic rings. The Morgan fingerprint density at radius 3 is 2.79 bits per heavy atom. The molecule has 2 heterocycles. The molecule has 2 aromatic rings. The van der Waals surface area contributed by atoms with Gasteiger partial charge in [0.05, 0.1) is 24.5 Å². The van der Waals surface area contributed by atoms with Crippen molar-refractivity contribution in [2.45, 2.75) is 19.2 Å². The maximum Gasteiger partial charge on any atom is 0.417 e. The summed E-state index contributed by atoms with van der Waals surface area (Å²) in [6.45, 7) is 0.864. The summed E-state index contributed by atoms with van der Waals surface area (Å²) in [7, 11) is 0. The molecule has 0 fully saturated rings. The van der Waals surface area contributed by atoms with Crippen LogP contribution in [0.5, 0.6) is 0 Å². The van der Waals surface area contributed by atoms with E-state index in [0.29, 0.717) is 25.3 Å². The molecule has 1 aliphatic heterocycles. The van der Waals surface area contributed by atoms with E-state index in [1.165, 1.54) is 12.1 Å². The van der Waals surface area contributed by atoms with Gasteiger partial charge in [0.25, 0.3) is 0 Å². The summed E-state index contributed by atoms with van der Waals surface area (Å²) in [5.74, 6) is 0. The van der Waals surface area contributed by atoms with E-state index in [-0.39, 0.29) is 5.56 Å². The zero-order valence-electron chi connectivity index (χ0n) is 9.92. The molecule has 6 heteroatoms. The monoisotopic (exact) mass is 268 g/mol. The van der Waals surface area contributed by atoms with Crippen molar-refractivity contribution in [3.05, 3.63) is 41.1 Å². The molecule has 0 aliphatic carbocycles. The highest BCUT2D eigenvalue weighted by Gasteiger charge is 2.34. The van der Waals surface area contributed by atoms with Gasteiger partial charge in [-0.05, 0) is 6.07 Å². The highest BCUT2D eigenvalue weighted by Crippen LogP contribution is 2.38. The van der Waals surface area contributed by atoms with Gasteiger partial charge in [0, 0.05) is 23.2 Å². The SMILES string of the molecule is FC(F)(F)c1ccccc1-c1n[nH]c2c1COCC2. The van der Waals surface area contributed by atoms with Crippen LogP contribution in [0.25, 0.3) is 11.3 Å². The van der Waals surface area contributed by atoms with Crippen LogP contribution >= 0.6 is 0 Å². The highest BCUT2D eigenvalue weighted by atomic mass is 19.4. The molecule has 0 amide bonds. The number of rotatable bonds is 1. The number of nitrogens with one attached hydrogen (secondary N) is 1. The second kappa shape index (κ2) is 4.38. The van der Waals surface area contributed by atoms with Crippen LogP contribution in [0, 0.1) is 0 Å². The van der Waals surface area contributed by atoms with Gasteiger partial charge in [-0.25, -0.2) is 0 Å². The maximum atomic E-state index is 13.0. The van der Waals surface area contributed by atoms with Crippen molar-refractivity contribution < 1.29 is 17.9 Å². The third kappa shape index (κ3) is 2.12. The normalized spacial score (nSPS) is 15.3. The van der Waals surface area contributed by atoms with Gasteiger partial charge in [0.2, 0.25) is 0 Å². The van der Waals surface area contributed by atoms with Crippen LogP contribution in [0.4, 0.5) is 13.2 Å². The summed E-state index contributed by atoms with van der Waals surface area (Å²) in [6.07, 6.45) is -3.74. The van der Waals surface area contributed by atoms with Gasteiger partial charge in [-0.2, -0.15) is 18.3 Å². The lowest BCUT2D eigenvalue weighted by Gasteiger charge is -2.15. The number of nitrogens with zero attached hydrogens (tertiary/aromatic N) is 1. The predicted octanol–water partition coefficient (Wildman–Crippen LogP) is 3.17. The van der Waals surface area contributed by atoms with E-state index in [2.05, 4.69) is 10.2 Å². The summed E-state index contributed by atoms with van der Waals surface area (Å²) in [5, 5.41) is 6.84. The molecule has 0 bridgehead atoms. The highest BCUT2D eigenvalue weighted by molar-refractivity contribution is 5.68. The Kier molecular flexibility index (Phi) is 2.82. The first-order chi connectivity index (χ1) is 9.07. The average Bonchev–Trinajstić information content (AvgIpc) is 2.81. The summed E-state index contributed by atoms with van der Waals surface area (Å²) in [4.78, 5) is 0. The molecular formula is C13H11F3N2O. The number of aromatic amines is 1. The second-order valence-corrected chi connectivity index (χ2v) is 4.38. The largest absolute Gasteiger partial charge is 0.417 e. The van der Waals surface area contributed by atoms with Crippen LogP contribution in [0.15, 0.2) is 24.3 Å². The fourth-order valence-corrected chi connectivity index (χ4v) is 2.27. The Labute approximate surface area is 107 Å². The fraction of sp³-hybridized carbons (Fsp3) is 0.308. The van der Waals surface area contributed by atoms with Crippen molar-refractivity contribution >= 4 is 0 Å². The average molecular weight is 268 g/mol. The molecule has 0 atom stereocenters. The number of H-pyrrole nitrogens is 1. The van der Waals surface area contributed by atoms with E-state index in [1.54, 1.807) is 6.07 Å². The molecule has 0 unspecified atom stereocenters. The molecule has 1 N–H and O–H groups in total. The Balaban J connectivity index is 2.15. The maximum absolute atomic E-state index is 13.0. The molecule has 0 radical (unpaired) electrons. The Bertz CT molecular complexity index is 604. The lowest BCUT2D eigenvalue weighted by molar-refractivity contribution is -0.137. The minimum atomic E-state index is -4.39. The van der Waals surface area contributed by atoms with Crippen LogP contribution in [0.2, 0.25) is 0 Å². The van der Waals surface area contributed by atoms with E-state index >= 15 is 0 Å². The summed E-state index contributed by atoms with van der Waals surface area (Å²) < 4.78 is 44.3. The van der Waals surface area contributed by atoms with Crippen molar-refractivity contribution in [3.8, 4) is 11.3 Å². The van der Waals surface area contributed by atoms with E-state index in [0.717, 1.165) is 17.3 Å². The summed E-state index contributed by atoms with van der Waals surface area (Å²) in [5.41, 5.74) is 1.34. The number of ether oxygens (including phenoxy) is 1.